The number of aromatic hydroxyl groups is 1. The van der Waals surface area contributed by atoms with Crippen molar-refractivity contribution in [1.82, 2.24) is 10.6 Å². The fourth-order valence-electron chi connectivity index (χ4n) is 2.41. The van der Waals surface area contributed by atoms with Crippen molar-refractivity contribution in [2.75, 3.05) is 20.2 Å². The van der Waals surface area contributed by atoms with E-state index in [2.05, 4.69) is 46.8 Å². The van der Waals surface area contributed by atoms with Crippen LogP contribution in [-0.4, -0.2) is 31.3 Å². The maximum atomic E-state index is 9.64. The van der Waals surface area contributed by atoms with Crippen LogP contribution in [0, 0.1) is 6.92 Å². The van der Waals surface area contributed by atoms with E-state index in [0.29, 0.717) is 12.3 Å². The fraction of sp³-hybridized carbons (Fsp3) is 0.350. The predicted molar refractivity (Wildman–Crippen MR) is 102 cm³/mol. The number of methoxy groups -OCH3 is 1. The molecule has 0 aliphatic heterocycles. The van der Waals surface area contributed by atoms with E-state index in [0.717, 1.165) is 31.0 Å². The van der Waals surface area contributed by atoms with Gasteiger partial charge in [-0.2, -0.15) is 0 Å². The van der Waals surface area contributed by atoms with Gasteiger partial charge in [0.2, 0.25) is 0 Å². The van der Waals surface area contributed by atoms with Crippen molar-refractivity contribution in [3.05, 3.63) is 59.2 Å². The first-order chi connectivity index (χ1) is 12.1. The lowest BCUT2D eigenvalue weighted by Gasteiger charge is -2.12. The molecule has 0 aliphatic carbocycles. The van der Waals surface area contributed by atoms with Gasteiger partial charge in [-0.3, -0.25) is 0 Å². The van der Waals surface area contributed by atoms with Crippen LogP contribution in [0.3, 0.4) is 0 Å². The first kappa shape index (κ1) is 18.6. The fourth-order valence-corrected chi connectivity index (χ4v) is 2.41. The number of phenols is 1. The van der Waals surface area contributed by atoms with E-state index < -0.39 is 0 Å². The molecule has 0 atom stereocenters. The van der Waals surface area contributed by atoms with Crippen LogP contribution in [0.25, 0.3) is 0 Å². The van der Waals surface area contributed by atoms with Crippen LogP contribution in [0.1, 0.15) is 23.6 Å². The van der Waals surface area contributed by atoms with Crippen LogP contribution >= 0.6 is 0 Å². The van der Waals surface area contributed by atoms with Crippen molar-refractivity contribution in [2.45, 2.75) is 26.8 Å². The van der Waals surface area contributed by atoms with Crippen LogP contribution in [0.2, 0.25) is 0 Å². The Bertz CT molecular complexity index is 697. The summed E-state index contributed by atoms with van der Waals surface area (Å²) >= 11 is 0. The number of aryl methyl sites for hydroxylation is 1. The van der Waals surface area contributed by atoms with Crippen molar-refractivity contribution in [3.63, 3.8) is 0 Å². The first-order valence-corrected chi connectivity index (χ1v) is 8.56. The highest BCUT2D eigenvalue weighted by Crippen LogP contribution is 2.26. The molecule has 0 bridgehead atoms. The molecule has 0 saturated heterocycles. The van der Waals surface area contributed by atoms with Gasteiger partial charge in [0.25, 0.3) is 0 Å². The minimum absolute atomic E-state index is 0.159. The minimum atomic E-state index is 0.159. The molecule has 0 aromatic heterocycles. The second-order valence-electron chi connectivity index (χ2n) is 5.86. The number of aliphatic imine (C=N–C) groups is 1. The summed E-state index contributed by atoms with van der Waals surface area (Å²) in [6.07, 6.45) is 0.811. The Hall–Kier alpha value is -2.69. The maximum absolute atomic E-state index is 9.64. The summed E-state index contributed by atoms with van der Waals surface area (Å²) in [7, 11) is 1.55. The SMILES string of the molecule is CCNC(=NCc1ccc(C)cc1)NCCc1ccc(O)c(OC)c1. The summed E-state index contributed by atoms with van der Waals surface area (Å²) in [6, 6.07) is 13.8. The molecule has 0 saturated carbocycles. The summed E-state index contributed by atoms with van der Waals surface area (Å²) in [5.74, 6) is 1.46. The molecule has 0 fully saturated rings. The van der Waals surface area contributed by atoms with E-state index in [1.54, 1.807) is 13.2 Å². The number of hydrogen-bond acceptors (Lipinski definition) is 3. The molecule has 2 aromatic rings. The van der Waals surface area contributed by atoms with Gasteiger partial charge in [-0.1, -0.05) is 35.9 Å². The third-order valence-electron chi connectivity index (χ3n) is 3.83. The van der Waals surface area contributed by atoms with Crippen molar-refractivity contribution in [2.24, 2.45) is 4.99 Å². The molecule has 0 heterocycles. The molecule has 0 unspecified atom stereocenters. The molecule has 0 spiro atoms. The topological polar surface area (TPSA) is 65.9 Å². The van der Waals surface area contributed by atoms with E-state index >= 15 is 0 Å². The van der Waals surface area contributed by atoms with Gasteiger partial charge in [0, 0.05) is 13.1 Å². The van der Waals surface area contributed by atoms with Gasteiger partial charge in [-0.05, 0) is 43.5 Å². The Morgan fingerprint density at radius 1 is 1.08 bits per heavy atom. The average molecular weight is 341 g/mol. The molecular weight excluding hydrogens is 314 g/mol. The van der Waals surface area contributed by atoms with Gasteiger partial charge < -0.3 is 20.5 Å². The van der Waals surface area contributed by atoms with Gasteiger partial charge >= 0.3 is 0 Å². The van der Waals surface area contributed by atoms with Gasteiger partial charge in [-0.15, -0.1) is 0 Å². The van der Waals surface area contributed by atoms with Crippen molar-refractivity contribution in [3.8, 4) is 11.5 Å². The van der Waals surface area contributed by atoms with Crippen LogP contribution in [-0.2, 0) is 13.0 Å². The van der Waals surface area contributed by atoms with E-state index in [1.807, 2.05) is 19.1 Å². The average Bonchev–Trinajstić information content (AvgIpc) is 2.62. The molecule has 2 rings (SSSR count). The van der Waals surface area contributed by atoms with Crippen LogP contribution in [0.15, 0.2) is 47.5 Å². The van der Waals surface area contributed by atoms with Crippen LogP contribution < -0.4 is 15.4 Å². The van der Waals surface area contributed by atoms with E-state index in [1.165, 1.54) is 11.1 Å². The number of nitrogens with one attached hydrogen (secondary N) is 2. The molecule has 5 heteroatoms. The number of rotatable bonds is 7. The largest absolute Gasteiger partial charge is 0.504 e. The Morgan fingerprint density at radius 3 is 2.48 bits per heavy atom. The van der Waals surface area contributed by atoms with E-state index in [4.69, 9.17) is 4.74 Å². The Balaban J connectivity index is 1.90. The number of nitrogens with zero attached hydrogens (tertiary/aromatic N) is 1. The van der Waals surface area contributed by atoms with Gasteiger partial charge in [0.1, 0.15) is 0 Å². The minimum Gasteiger partial charge on any atom is -0.504 e. The Labute approximate surface area is 149 Å². The van der Waals surface area contributed by atoms with Gasteiger partial charge in [0.05, 0.1) is 13.7 Å². The highest BCUT2D eigenvalue weighted by atomic mass is 16.5. The van der Waals surface area contributed by atoms with Gasteiger partial charge in [0.15, 0.2) is 17.5 Å². The Kier molecular flexibility index (Phi) is 7.14. The highest BCUT2D eigenvalue weighted by Gasteiger charge is 2.03. The number of benzene rings is 2. The zero-order valence-corrected chi connectivity index (χ0v) is 15.2. The third kappa shape index (κ3) is 6.03. The number of phenolic OH excluding ortho intramolecular Hbond substituents is 1. The molecule has 5 nitrogen and oxygen atoms in total. The third-order valence-corrected chi connectivity index (χ3v) is 3.83. The second-order valence-corrected chi connectivity index (χ2v) is 5.86. The zero-order valence-electron chi connectivity index (χ0n) is 15.2. The molecule has 134 valence electrons. The maximum Gasteiger partial charge on any atom is 0.191 e. The van der Waals surface area contributed by atoms with E-state index in [-0.39, 0.29) is 5.75 Å². The quantitative estimate of drug-likeness (QED) is 0.535. The standard InChI is InChI=1S/C20H27N3O2/c1-4-21-20(23-14-17-7-5-15(2)6-8-17)22-12-11-16-9-10-18(24)19(13-16)25-3/h5-10,13,24H,4,11-12,14H2,1-3H3,(H2,21,22,23). The molecule has 0 aliphatic rings. The van der Waals surface area contributed by atoms with Crippen molar-refractivity contribution in [1.29, 1.82) is 0 Å². The molecule has 3 N–H and O–H groups in total. The molecule has 2 aromatic carbocycles. The van der Waals surface area contributed by atoms with Crippen molar-refractivity contribution >= 4 is 5.96 Å². The lowest BCUT2D eigenvalue weighted by atomic mass is 10.1. The second kappa shape index (κ2) is 9.57. The van der Waals surface area contributed by atoms with E-state index in [9.17, 15) is 5.11 Å². The normalized spacial score (nSPS) is 11.2. The lowest BCUT2D eigenvalue weighted by Crippen LogP contribution is -2.38. The Morgan fingerprint density at radius 2 is 1.80 bits per heavy atom. The molecule has 0 amide bonds. The first-order valence-electron chi connectivity index (χ1n) is 8.56. The van der Waals surface area contributed by atoms with Crippen LogP contribution in [0.4, 0.5) is 0 Å². The smallest absolute Gasteiger partial charge is 0.191 e. The summed E-state index contributed by atoms with van der Waals surface area (Å²) in [4.78, 5) is 4.62. The molecule has 25 heavy (non-hydrogen) atoms. The van der Waals surface area contributed by atoms with Crippen molar-refractivity contribution < 1.29 is 9.84 Å². The molecular formula is C20H27N3O2. The number of ether oxygens (including phenoxy) is 1. The summed E-state index contributed by atoms with van der Waals surface area (Å²) in [5, 5.41) is 16.2. The molecule has 0 radical (unpaired) electrons. The van der Waals surface area contributed by atoms with Gasteiger partial charge in [-0.25, -0.2) is 4.99 Å². The zero-order chi connectivity index (χ0) is 18.1. The number of hydrogen-bond donors (Lipinski definition) is 3. The summed E-state index contributed by atoms with van der Waals surface area (Å²) in [6.45, 7) is 6.33. The highest BCUT2D eigenvalue weighted by molar-refractivity contribution is 5.79. The summed E-state index contributed by atoms with van der Waals surface area (Å²) in [5.41, 5.74) is 3.53. The van der Waals surface area contributed by atoms with Crippen LogP contribution in [0.5, 0.6) is 11.5 Å². The monoisotopic (exact) mass is 341 g/mol. The number of guanidine groups is 1. The lowest BCUT2D eigenvalue weighted by molar-refractivity contribution is 0.373. The summed E-state index contributed by atoms with van der Waals surface area (Å²) < 4.78 is 5.14. The predicted octanol–water partition coefficient (Wildman–Crippen LogP) is 3.01.